The van der Waals surface area contributed by atoms with Crippen molar-refractivity contribution in [1.82, 2.24) is 14.5 Å². The summed E-state index contributed by atoms with van der Waals surface area (Å²) in [6, 6.07) is 69.8. The van der Waals surface area contributed by atoms with Crippen molar-refractivity contribution in [3.8, 4) is 50.6 Å². The fourth-order valence-electron chi connectivity index (χ4n) is 11.6. The van der Waals surface area contributed by atoms with E-state index in [0.29, 0.717) is 0 Å². The first kappa shape index (κ1) is 33.2. The first-order chi connectivity index (χ1) is 30.0. The highest BCUT2D eigenvalue weighted by Crippen LogP contribution is 2.63. The number of hydrogen-bond donors (Lipinski definition) is 0. The first-order valence-corrected chi connectivity index (χ1v) is 21.3. The molecule has 3 aliphatic carbocycles. The third-order valence-electron chi connectivity index (χ3n) is 14.3. The van der Waals surface area contributed by atoms with Crippen molar-refractivity contribution in [2.75, 3.05) is 0 Å². The summed E-state index contributed by atoms with van der Waals surface area (Å²) < 4.78 is 2.41. The van der Waals surface area contributed by atoms with Crippen molar-refractivity contribution in [3.63, 3.8) is 0 Å². The Hall–Kier alpha value is -7.62. The molecule has 1 spiro atoms. The van der Waals surface area contributed by atoms with E-state index in [1.807, 2.05) is 0 Å². The smallest absolute Gasteiger partial charge is 0.165 e. The molecule has 0 unspecified atom stereocenters. The number of rotatable bonds is 2. The Morgan fingerprint density at radius 3 is 1.36 bits per heavy atom. The molecule has 0 N–H and O–H groups in total. The predicted octanol–water partition coefficient (Wildman–Crippen LogP) is 14.2. The van der Waals surface area contributed by atoms with E-state index >= 15 is 0 Å². The Balaban J connectivity index is 1.13. The molecule has 9 aromatic carbocycles. The standard InChI is InChI=1S/C58H37N3/c1-57(2)46-23-11-10-22-43(46)54-55(57)59-53(56(60-54)61-51-32-36-17-5-3-15-34(36)29-44(51)45-30-35-16-4-6-18-37(35)33-52(45)61)38-27-28-42-41-21-9-14-26-49(41)58(50(42)31-38)47-24-12-7-19-39(47)40-20-8-13-25-48(40)58/h3-33H,1-2H3. The highest BCUT2D eigenvalue weighted by molar-refractivity contribution is 6.17. The van der Waals surface area contributed by atoms with Gasteiger partial charge in [-0.1, -0.05) is 172 Å². The minimum absolute atomic E-state index is 0.336. The van der Waals surface area contributed by atoms with Gasteiger partial charge in [0.25, 0.3) is 0 Å². The molecule has 0 atom stereocenters. The zero-order valence-electron chi connectivity index (χ0n) is 33.7. The summed E-state index contributed by atoms with van der Waals surface area (Å²) >= 11 is 0. The number of hydrogen-bond acceptors (Lipinski definition) is 2. The molecule has 0 fully saturated rings. The minimum atomic E-state index is -0.473. The normalized spacial score (nSPS) is 14.7. The second-order valence-corrected chi connectivity index (χ2v) is 17.7. The molecule has 61 heavy (non-hydrogen) atoms. The summed E-state index contributed by atoms with van der Waals surface area (Å²) in [4.78, 5) is 11.7. The van der Waals surface area contributed by atoms with Gasteiger partial charge in [0.05, 0.1) is 27.8 Å². The second kappa shape index (κ2) is 11.6. The van der Waals surface area contributed by atoms with Crippen LogP contribution in [0.2, 0.25) is 0 Å². The molecule has 3 heteroatoms. The Labute approximate surface area is 353 Å². The van der Waals surface area contributed by atoms with Crippen molar-refractivity contribution in [2.24, 2.45) is 0 Å². The molecule has 14 rings (SSSR count). The van der Waals surface area contributed by atoms with Gasteiger partial charge in [0.2, 0.25) is 0 Å². The third-order valence-corrected chi connectivity index (χ3v) is 14.3. The summed E-state index contributed by atoms with van der Waals surface area (Å²) in [6.07, 6.45) is 0. The van der Waals surface area contributed by atoms with Gasteiger partial charge in [0.15, 0.2) is 5.82 Å². The topological polar surface area (TPSA) is 30.7 Å². The lowest BCUT2D eigenvalue weighted by molar-refractivity contribution is 0.635. The summed E-state index contributed by atoms with van der Waals surface area (Å²) in [7, 11) is 0. The maximum atomic E-state index is 5.88. The van der Waals surface area contributed by atoms with E-state index in [-0.39, 0.29) is 5.41 Å². The van der Waals surface area contributed by atoms with Gasteiger partial charge in [-0.05, 0) is 102 Å². The van der Waals surface area contributed by atoms with Gasteiger partial charge in [-0.3, -0.25) is 4.57 Å². The highest BCUT2D eigenvalue weighted by atomic mass is 15.1. The van der Waals surface area contributed by atoms with E-state index in [9.17, 15) is 0 Å². The average molecular weight is 776 g/mol. The number of nitrogens with zero attached hydrogens (tertiary/aromatic N) is 3. The van der Waals surface area contributed by atoms with Crippen LogP contribution in [-0.4, -0.2) is 14.5 Å². The molecule has 0 saturated heterocycles. The molecular weight excluding hydrogens is 739 g/mol. The largest absolute Gasteiger partial charge is 0.292 e. The minimum Gasteiger partial charge on any atom is -0.292 e. The van der Waals surface area contributed by atoms with Crippen LogP contribution >= 0.6 is 0 Å². The number of aromatic nitrogens is 3. The number of benzene rings is 9. The van der Waals surface area contributed by atoms with Gasteiger partial charge < -0.3 is 0 Å². The van der Waals surface area contributed by atoms with Crippen LogP contribution in [0.25, 0.3) is 93.9 Å². The first-order valence-electron chi connectivity index (χ1n) is 21.3. The van der Waals surface area contributed by atoms with Crippen molar-refractivity contribution in [3.05, 3.63) is 222 Å². The number of fused-ring (bicyclic) bond motifs is 18. The maximum absolute atomic E-state index is 5.88. The third kappa shape index (κ3) is 4.13. The van der Waals surface area contributed by atoms with E-state index in [0.717, 1.165) is 45.1 Å². The van der Waals surface area contributed by atoms with Crippen LogP contribution in [0.1, 0.15) is 47.4 Å². The molecule has 3 aliphatic rings. The van der Waals surface area contributed by atoms with Crippen molar-refractivity contribution >= 4 is 43.4 Å². The van der Waals surface area contributed by atoms with Crippen LogP contribution < -0.4 is 0 Å². The Morgan fingerprint density at radius 1 is 0.377 bits per heavy atom. The SMILES string of the molecule is CC1(C)c2ccccc2-c2nc(-n3c4cc5ccccc5cc4c4cc5ccccc5cc43)c(-c3ccc4c(c3)C3(c5ccccc5-c5ccccc53)c3ccccc3-4)nc21. The second-order valence-electron chi connectivity index (χ2n) is 17.7. The van der Waals surface area contributed by atoms with Crippen LogP contribution in [0.4, 0.5) is 0 Å². The maximum Gasteiger partial charge on any atom is 0.165 e. The Bertz CT molecular complexity index is 3600. The van der Waals surface area contributed by atoms with Gasteiger partial charge in [-0.25, -0.2) is 9.97 Å². The zero-order valence-corrected chi connectivity index (χ0v) is 33.7. The lowest BCUT2D eigenvalue weighted by atomic mass is 9.70. The van der Waals surface area contributed by atoms with Gasteiger partial charge in [0.1, 0.15) is 5.69 Å². The summed E-state index contributed by atoms with van der Waals surface area (Å²) in [6.45, 7) is 4.60. The fraction of sp³-hybridized carbons (Fsp3) is 0.0690. The van der Waals surface area contributed by atoms with Crippen LogP contribution in [0.3, 0.4) is 0 Å². The molecular formula is C58H37N3. The molecule has 3 nitrogen and oxygen atoms in total. The summed E-state index contributed by atoms with van der Waals surface area (Å²) in [5.74, 6) is 0.841. The van der Waals surface area contributed by atoms with Crippen molar-refractivity contribution < 1.29 is 0 Å². The predicted molar refractivity (Wildman–Crippen MR) is 251 cm³/mol. The Kier molecular flexibility index (Phi) is 6.30. The van der Waals surface area contributed by atoms with Gasteiger partial charge in [-0.15, -0.1) is 0 Å². The molecule has 2 aromatic heterocycles. The van der Waals surface area contributed by atoms with E-state index in [1.165, 1.54) is 82.4 Å². The van der Waals surface area contributed by atoms with Crippen LogP contribution in [-0.2, 0) is 10.8 Å². The molecule has 0 aliphatic heterocycles. The quantitative estimate of drug-likeness (QED) is 0.175. The highest BCUT2D eigenvalue weighted by Gasteiger charge is 2.51. The summed E-state index contributed by atoms with van der Waals surface area (Å²) in [5, 5.41) is 7.24. The van der Waals surface area contributed by atoms with Crippen molar-refractivity contribution in [2.45, 2.75) is 24.7 Å². The van der Waals surface area contributed by atoms with E-state index < -0.39 is 5.41 Å². The van der Waals surface area contributed by atoms with Crippen LogP contribution in [0.15, 0.2) is 188 Å². The van der Waals surface area contributed by atoms with E-state index in [2.05, 4.69) is 206 Å². The zero-order chi connectivity index (χ0) is 40.2. The molecule has 11 aromatic rings. The molecule has 0 bridgehead atoms. The van der Waals surface area contributed by atoms with Gasteiger partial charge in [-0.2, -0.15) is 0 Å². The van der Waals surface area contributed by atoms with Crippen molar-refractivity contribution in [1.29, 1.82) is 0 Å². The van der Waals surface area contributed by atoms with Gasteiger partial charge >= 0.3 is 0 Å². The average Bonchev–Trinajstić information content (AvgIpc) is 3.96. The lowest BCUT2D eigenvalue weighted by Crippen LogP contribution is -2.25. The molecule has 0 amide bonds. The molecule has 0 saturated carbocycles. The van der Waals surface area contributed by atoms with E-state index in [4.69, 9.17) is 9.97 Å². The molecule has 0 radical (unpaired) electrons. The monoisotopic (exact) mass is 775 g/mol. The lowest BCUT2D eigenvalue weighted by Gasteiger charge is -2.30. The van der Waals surface area contributed by atoms with E-state index in [1.54, 1.807) is 0 Å². The fourth-order valence-corrected chi connectivity index (χ4v) is 11.6. The summed E-state index contributed by atoms with van der Waals surface area (Å²) in [5.41, 5.74) is 18.2. The Morgan fingerprint density at radius 2 is 0.820 bits per heavy atom. The van der Waals surface area contributed by atoms with Gasteiger partial charge in [0, 0.05) is 27.3 Å². The molecule has 284 valence electrons. The van der Waals surface area contributed by atoms with Crippen LogP contribution in [0.5, 0.6) is 0 Å². The van der Waals surface area contributed by atoms with Crippen LogP contribution in [0, 0.1) is 0 Å². The molecule has 2 heterocycles.